The molecule has 13 rings (SSSR count). The standard InChI is InChI=1S/C64H47BN4O2/c1-64(2,3)45-35-36-66-62(37-45)69-56-28-13-10-23-52(56)53-34-33-48(41-59(53)69)70-49-39-46(65-54-26-11-16-31-60(54)71-61-32-17-12-27-55(61)65)38-47(40-49)67-42-68(58-30-15-14-29-57(58)67)63-50(43-19-6-4-7-20-43)24-18-25-51(63)44-21-8-5-9-22-44/h4-41H,1-3H3/i4D,5D,6D,7D,8D,9D,19D,20D,21D,22D. The SMILES string of the molecule is [2H]c1c([2H])c([2H])c(-c2cccc(-c3c([2H])c([2H])c([2H])c([2H])c3[2H])c2-[n+]2[c-]n(-c3cc(Oc4ccc5c6ccccc6n(-c6cc(C(C)(C)C)ccn6)c5c4)cc(B4c5ccccc5Oc5ccccc54)c3)c3ccccc32)c([2H])c1[2H]. The van der Waals surface area contributed by atoms with Gasteiger partial charge in [0, 0.05) is 23.0 Å². The van der Waals surface area contributed by atoms with Crippen molar-refractivity contribution in [3.05, 3.63) is 242 Å². The van der Waals surface area contributed by atoms with Crippen LogP contribution in [0.2, 0.25) is 0 Å². The number of aromatic nitrogens is 4. The highest BCUT2D eigenvalue weighted by molar-refractivity contribution is 6.97. The summed E-state index contributed by atoms with van der Waals surface area (Å²) in [5, 5.41) is 2.09. The maximum atomic E-state index is 9.21. The van der Waals surface area contributed by atoms with E-state index < -0.39 is 60.4 Å². The van der Waals surface area contributed by atoms with Crippen LogP contribution in [0, 0.1) is 6.33 Å². The van der Waals surface area contributed by atoms with E-state index in [2.05, 4.69) is 80.2 Å². The van der Waals surface area contributed by atoms with Gasteiger partial charge in [-0.15, -0.1) is 0 Å². The van der Waals surface area contributed by atoms with Crippen LogP contribution in [0.4, 0.5) is 0 Å². The van der Waals surface area contributed by atoms with E-state index in [9.17, 15) is 5.48 Å². The number of hydrogen-bond donors (Lipinski definition) is 0. The predicted molar refractivity (Wildman–Crippen MR) is 289 cm³/mol. The van der Waals surface area contributed by atoms with Gasteiger partial charge in [0.2, 0.25) is 0 Å². The number of rotatable bonds is 8. The molecule has 0 N–H and O–H groups in total. The van der Waals surface area contributed by atoms with E-state index >= 15 is 0 Å². The molecule has 0 aliphatic carbocycles. The fraction of sp³-hybridized carbons (Fsp3) is 0.0625. The van der Waals surface area contributed by atoms with E-state index in [-0.39, 0.29) is 40.1 Å². The third-order valence-electron chi connectivity index (χ3n) is 13.3. The summed E-state index contributed by atoms with van der Waals surface area (Å²) >= 11 is 0. The van der Waals surface area contributed by atoms with Crippen LogP contribution in [0.3, 0.4) is 0 Å². The molecule has 0 saturated heterocycles. The first kappa shape index (κ1) is 32.7. The number of hydrogen-bond acceptors (Lipinski definition) is 3. The van der Waals surface area contributed by atoms with E-state index in [1.165, 1.54) is 0 Å². The number of imidazole rings is 1. The van der Waals surface area contributed by atoms with Crippen molar-refractivity contribution in [1.82, 2.24) is 14.1 Å². The summed E-state index contributed by atoms with van der Waals surface area (Å²) in [7, 11) is 0. The summed E-state index contributed by atoms with van der Waals surface area (Å²) < 4.78 is 108. The van der Waals surface area contributed by atoms with Crippen molar-refractivity contribution in [3.8, 4) is 62.4 Å². The van der Waals surface area contributed by atoms with Crippen LogP contribution in [0.25, 0.3) is 72.3 Å². The Bertz CT molecular complexity index is 4440. The molecular weight excluding hydrogens is 868 g/mol. The molecule has 0 atom stereocenters. The van der Waals surface area contributed by atoms with E-state index in [0.29, 0.717) is 39.7 Å². The summed E-state index contributed by atoms with van der Waals surface area (Å²) in [5.41, 5.74) is 7.52. The van der Waals surface area contributed by atoms with Gasteiger partial charge in [-0.2, -0.15) is 0 Å². The highest BCUT2D eigenvalue weighted by Crippen LogP contribution is 2.38. The molecule has 1 aliphatic heterocycles. The van der Waals surface area contributed by atoms with Gasteiger partial charge in [-0.25, -0.2) is 4.98 Å². The Hall–Kier alpha value is -8.94. The van der Waals surface area contributed by atoms with Gasteiger partial charge in [0.15, 0.2) is 0 Å². The Morgan fingerprint density at radius 2 is 1.23 bits per heavy atom. The third-order valence-corrected chi connectivity index (χ3v) is 13.3. The van der Waals surface area contributed by atoms with Gasteiger partial charge in [-0.1, -0.05) is 190 Å². The average Bonchev–Trinajstić information content (AvgIpc) is 3.99. The zero-order chi connectivity index (χ0) is 56.3. The van der Waals surface area contributed by atoms with Crippen LogP contribution in [0.1, 0.15) is 40.0 Å². The van der Waals surface area contributed by atoms with Gasteiger partial charge >= 0.3 is 0 Å². The molecule has 3 aromatic heterocycles. The number of benzene rings is 9. The van der Waals surface area contributed by atoms with E-state index in [1.807, 2.05) is 108 Å². The Balaban J connectivity index is 1.07. The van der Waals surface area contributed by atoms with Crippen molar-refractivity contribution in [2.75, 3.05) is 0 Å². The first-order valence-electron chi connectivity index (χ1n) is 28.4. The molecule has 7 heteroatoms. The van der Waals surface area contributed by atoms with Crippen LogP contribution in [0.15, 0.2) is 230 Å². The Morgan fingerprint density at radius 1 is 0.592 bits per heavy atom. The molecule has 0 spiro atoms. The number of nitrogens with zero attached hydrogens (tertiary/aromatic N) is 4. The maximum absolute atomic E-state index is 9.21. The summed E-state index contributed by atoms with van der Waals surface area (Å²) in [6, 6.07) is 47.4. The molecule has 1 aliphatic rings. The van der Waals surface area contributed by atoms with Crippen molar-refractivity contribution in [2.45, 2.75) is 26.2 Å². The molecule has 12 aromatic rings. The van der Waals surface area contributed by atoms with Crippen LogP contribution in [0.5, 0.6) is 23.0 Å². The van der Waals surface area contributed by atoms with Crippen molar-refractivity contribution >= 4 is 55.9 Å². The second-order valence-corrected chi connectivity index (χ2v) is 18.6. The second-order valence-electron chi connectivity index (χ2n) is 18.6. The highest BCUT2D eigenvalue weighted by atomic mass is 16.5. The lowest BCUT2D eigenvalue weighted by molar-refractivity contribution is -0.571. The van der Waals surface area contributed by atoms with Gasteiger partial charge in [-0.3, -0.25) is 13.7 Å². The number of para-hydroxylation sites is 6. The summed E-state index contributed by atoms with van der Waals surface area (Å²) in [6.45, 7) is 6.20. The van der Waals surface area contributed by atoms with Gasteiger partial charge in [-0.05, 0) is 98.8 Å². The van der Waals surface area contributed by atoms with Crippen molar-refractivity contribution in [3.63, 3.8) is 0 Å². The number of ether oxygens (including phenoxy) is 2. The molecule has 0 saturated carbocycles. The number of pyridine rings is 1. The Labute approximate surface area is 427 Å². The zero-order valence-corrected chi connectivity index (χ0v) is 38.8. The monoisotopic (exact) mass is 924 g/mol. The molecule has 0 fully saturated rings. The molecule has 9 aromatic carbocycles. The lowest BCUT2D eigenvalue weighted by Crippen LogP contribution is -2.54. The summed E-state index contributed by atoms with van der Waals surface area (Å²) in [4.78, 5) is 4.91. The van der Waals surface area contributed by atoms with E-state index in [1.54, 1.807) is 22.8 Å². The second kappa shape index (κ2) is 16.9. The average molecular weight is 925 g/mol. The first-order chi connectivity index (χ1) is 39.0. The smallest absolute Gasteiger partial charge is 0.269 e. The van der Waals surface area contributed by atoms with Crippen LogP contribution < -0.4 is 30.4 Å². The quantitative estimate of drug-likeness (QED) is 0.0866. The lowest BCUT2D eigenvalue weighted by atomic mass is 9.36. The molecule has 4 heterocycles. The molecule has 6 nitrogen and oxygen atoms in total. The molecule has 338 valence electrons. The fourth-order valence-electron chi connectivity index (χ4n) is 10.0. The van der Waals surface area contributed by atoms with Crippen molar-refractivity contribution in [1.29, 1.82) is 0 Å². The highest BCUT2D eigenvalue weighted by Gasteiger charge is 2.33. The number of fused-ring (bicyclic) bond motifs is 6. The third kappa shape index (κ3) is 7.37. The van der Waals surface area contributed by atoms with Crippen molar-refractivity contribution in [2.24, 2.45) is 0 Å². The maximum Gasteiger partial charge on any atom is 0.269 e. The minimum absolute atomic E-state index is 0.124. The zero-order valence-electron chi connectivity index (χ0n) is 48.8. The molecule has 71 heavy (non-hydrogen) atoms. The van der Waals surface area contributed by atoms with Crippen LogP contribution >= 0.6 is 0 Å². The molecule has 0 amide bonds. The normalized spacial score (nSPS) is 14.2. The van der Waals surface area contributed by atoms with E-state index in [0.717, 1.165) is 49.6 Å². The molecule has 0 unspecified atom stereocenters. The minimum atomic E-state index is -0.578. The largest absolute Gasteiger partial charge is 0.458 e. The van der Waals surface area contributed by atoms with Crippen LogP contribution in [-0.4, -0.2) is 20.8 Å². The topological polar surface area (TPSA) is 45.1 Å². The summed E-state index contributed by atoms with van der Waals surface area (Å²) in [5.74, 6) is 3.23. The fourth-order valence-corrected chi connectivity index (χ4v) is 10.0. The predicted octanol–water partition coefficient (Wildman–Crippen LogP) is 13.2. The lowest BCUT2D eigenvalue weighted by Gasteiger charge is -2.27. The van der Waals surface area contributed by atoms with Gasteiger partial charge in [0.1, 0.15) is 28.8 Å². The summed E-state index contributed by atoms with van der Waals surface area (Å²) in [6.07, 6.45) is 5.43. The minimum Gasteiger partial charge on any atom is -0.458 e. The van der Waals surface area contributed by atoms with Gasteiger partial charge < -0.3 is 9.47 Å². The molecule has 0 bridgehead atoms. The Kier molecular flexibility index (Phi) is 7.81. The first-order valence-corrected chi connectivity index (χ1v) is 23.4. The Morgan fingerprint density at radius 3 is 1.93 bits per heavy atom. The van der Waals surface area contributed by atoms with Gasteiger partial charge in [0.25, 0.3) is 13.0 Å². The van der Waals surface area contributed by atoms with E-state index in [4.69, 9.17) is 22.7 Å². The van der Waals surface area contributed by atoms with Gasteiger partial charge in [0.05, 0.1) is 47.1 Å². The van der Waals surface area contributed by atoms with Crippen LogP contribution in [-0.2, 0) is 5.41 Å². The molecule has 0 radical (unpaired) electrons. The van der Waals surface area contributed by atoms with Crippen molar-refractivity contribution < 1.29 is 27.7 Å². The molecular formula is C64H47BN4O2.